The van der Waals surface area contributed by atoms with E-state index in [1.807, 2.05) is 6.92 Å². The van der Waals surface area contributed by atoms with E-state index in [2.05, 4.69) is 4.99 Å². The lowest BCUT2D eigenvalue weighted by atomic mass is 10.1. The fourth-order valence-electron chi connectivity index (χ4n) is 4.60. The van der Waals surface area contributed by atoms with E-state index in [9.17, 15) is 18.3 Å². The maximum atomic E-state index is 13.4. The fourth-order valence-corrected chi connectivity index (χ4v) is 6.25. The van der Waals surface area contributed by atoms with Gasteiger partial charge in [-0.25, -0.2) is 13.0 Å². The van der Waals surface area contributed by atoms with E-state index in [1.165, 1.54) is 21.2 Å². The molecule has 9 nitrogen and oxygen atoms in total. The van der Waals surface area contributed by atoms with Gasteiger partial charge in [0.25, 0.3) is 5.56 Å². The molecular formula is C29H29N3O6S. The summed E-state index contributed by atoms with van der Waals surface area (Å²) in [5.74, 6) is 0.374. The third kappa shape index (κ3) is 5.18. The summed E-state index contributed by atoms with van der Waals surface area (Å²) in [5.41, 5.74) is 1.43. The Balaban J connectivity index is 1.59. The van der Waals surface area contributed by atoms with Crippen LogP contribution in [0.4, 0.5) is 5.69 Å². The van der Waals surface area contributed by atoms with Crippen molar-refractivity contribution in [3.05, 3.63) is 88.2 Å². The molecule has 0 bridgehead atoms. The number of sulfonamides is 1. The molecule has 0 spiro atoms. The first-order chi connectivity index (χ1) is 18.8. The Kier molecular flexibility index (Phi) is 7.51. The highest BCUT2D eigenvalue weighted by atomic mass is 32.2. The minimum Gasteiger partial charge on any atom is -0.494 e. The zero-order valence-corrected chi connectivity index (χ0v) is 22.5. The van der Waals surface area contributed by atoms with Crippen LogP contribution in [0.2, 0.25) is 0 Å². The van der Waals surface area contributed by atoms with Crippen molar-refractivity contribution < 1.29 is 23.0 Å². The van der Waals surface area contributed by atoms with Crippen LogP contribution >= 0.6 is 0 Å². The van der Waals surface area contributed by atoms with Crippen LogP contribution in [0.1, 0.15) is 18.1 Å². The Labute approximate surface area is 226 Å². The molecule has 202 valence electrons. The van der Waals surface area contributed by atoms with Gasteiger partial charge in [-0.2, -0.15) is 4.31 Å². The normalized spacial score (nSPS) is 14.7. The van der Waals surface area contributed by atoms with E-state index in [0.29, 0.717) is 71.9 Å². The number of ether oxygens (including phenoxy) is 2. The number of hydrogen-bond acceptors (Lipinski definition) is 7. The van der Waals surface area contributed by atoms with Gasteiger partial charge in [0.2, 0.25) is 15.9 Å². The Morgan fingerprint density at radius 3 is 2.41 bits per heavy atom. The highest BCUT2D eigenvalue weighted by molar-refractivity contribution is 7.89. The SMILES string of the molecule is CCOc1ccc(-n2c(O)c(C=Nc3ccc(C)c(S(=O)(=O)N4CCOCC4)c3)c3ccccc3c2=O)cc1. The van der Waals surface area contributed by atoms with Gasteiger partial charge in [0, 0.05) is 30.1 Å². The second-order valence-corrected chi connectivity index (χ2v) is 11.0. The van der Waals surface area contributed by atoms with Gasteiger partial charge < -0.3 is 14.6 Å². The molecule has 0 unspecified atom stereocenters. The van der Waals surface area contributed by atoms with Crippen LogP contribution in [-0.4, -0.2) is 61.5 Å². The molecule has 2 heterocycles. The van der Waals surface area contributed by atoms with Gasteiger partial charge >= 0.3 is 0 Å². The van der Waals surface area contributed by atoms with Gasteiger partial charge in [0.1, 0.15) is 5.75 Å². The first kappa shape index (κ1) is 26.6. The number of hydrogen-bond donors (Lipinski definition) is 1. The largest absolute Gasteiger partial charge is 0.494 e. The lowest BCUT2D eigenvalue weighted by Crippen LogP contribution is -2.40. The van der Waals surface area contributed by atoms with Crippen molar-refractivity contribution in [2.45, 2.75) is 18.7 Å². The van der Waals surface area contributed by atoms with Crippen molar-refractivity contribution in [3.8, 4) is 17.3 Å². The van der Waals surface area contributed by atoms with E-state index in [-0.39, 0.29) is 16.3 Å². The third-order valence-electron chi connectivity index (χ3n) is 6.61. The number of aryl methyl sites for hydroxylation is 1. The van der Waals surface area contributed by atoms with Crippen LogP contribution in [0.25, 0.3) is 16.5 Å². The van der Waals surface area contributed by atoms with E-state index in [1.54, 1.807) is 67.6 Å². The molecule has 39 heavy (non-hydrogen) atoms. The maximum absolute atomic E-state index is 13.4. The molecule has 1 N–H and O–H groups in total. The second-order valence-electron chi connectivity index (χ2n) is 9.07. The van der Waals surface area contributed by atoms with Crippen LogP contribution in [-0.2, 0) is 14.8 Å². The lowest BCUT2D eigenvalue weighted by Gasteiger charge is -2.26. The van der Waals surface area contributed by atoms with E-state index >= 15 is 0 Å². The van der Waals surface area contributed by atoms with Crippen molar-refractivity contribution in [1.29, 1.82) is 0 Å². The molecule has 5 rings (SSSR count). The average Bonchev–Trinajstić information content (AvgIpc) is 2.95. The number of aromatic hydroxyl groups is 1. The zero-order valence-electron chi connectivity index (χ0n) is 21.7. The minimum absolute atomic E-state index is 0.174. The Morgan fingerprint density at radius 2 is 1.72 bits per heavy atom. The van der Waals surface area contributed by atoms with Crippen molar-refractivity contribution in [2.75, 3.05) is 32.9 Å². The Morgan fingerprint density at radius 1 is 1.03 bits per heavy atom. The number of pyridine rings is 1. The molecule has 3 aromatic carbocycles. The number of aliphatic imine (C=N–C) groups is 1. The van der Waals surface area contributed by atoms with Crippen LogP contribution < -0.4 is 10.3 Å². The predicted molar refractivity (Wildman–Crippen MR) is 150 cm³/mol. The number of morpholine rings is 1. The maximum Gasteiger partial charge on any atom is 0.265 e. The zero-order chi connectivity index (χ0) is 27.6. The standard InChI is InChI=1S/C29H29N3O6S/c1-3-38-23-12-10-22(11-13-23)32-28(33)25-7-5-4-6-24(25)26(29(32)34)19-30-21-9-8-20(2)27(18-21)39(35,36)31-14-16-37-17-15-31/h4-13,18-19,34H,3,14-17H2,1-2H3. The van der Waals surface area contributed by atoms with Crippen LogP contribution in [0.5, 0.6) is 11.6 Å². The molecule has 0 saturated carbocycles. The lowest BCUT2D eigenvalue weighted by molar-refractivity contribution is 0.0730. The van der Waals surface area contributed by atoms with Gasteiger partial charge in [0.05, 0.1) is 41.7 Å². The Hall–Kier alpha value is -3.99. The van der Waals surface area contributed by atoms with Crippen molar-refractivity contribution >= 4 is 32.7 Å². The van der Waals surface area contributed by atoms with Crippen LogP contribution in [0, 0.1) is 6.92 Å². The second kappa shape index (κ2) is 11.0. The summed E-state index contributed by atoms with van der Waals surface area (Å²) in [5, 5.41) is 12.2. The monoisotopic (exact) mass is 547 g/mol. The van der Waals surface area contributed by atoms with Gasteiger partial charge in [-0.3, -0.25) is 9.79 Å². The van der Waals surface area contributed by atoms with Crippen LogP contribution in [0.3, 0.4) is 0 Å². The highest BCUT2D eigenvalue weighted by Gasteiger charge is 2.28. The van der Waals surface area contributed by atoms with Crippen LogP contribution in [0.15, 0.2) is 81.4 Å². The number of nitrogens with zero attached hydrogens (tertiary/aromatic N) is 3. The molecule has 10 heteroatoms. The molecular weight excluding hydrogens is 518 g/mol. The summed E-state index contributed by atoms with van der Waals surface area (Å²) in [4.78, 5) is 18.1. The number of rotatable bonds is 7. The van der Waals surface area contributed by atoms with E-state index < -0.39 is 10.0 Å². The van der Waals surface area contributed by atoms with E-state index in [0.717, 1.165) is 0 Å². The van der Waals surface area contributed by atoms with Gasteiger partial charge in [-0.1, -0.05) is 24.3 Å². The van der Waals surface area contributed by atoms with Crippen molar-refractivity contribution in [3.63, 3.8) is 0 Å². The molecule has 1 fully saturated rings. The molecule has 0 radical (unpaired) electrons. The predicted octanol–water partition coefficient (Wildman–Crippen LogP) is 4.17. The van der Waals surface area contributed by atoms with E-state index in [4.69, 9.17) is 9.47 Å². The van der Waals surface area contributed by atoms with Crippen molar-refractivity contribution in [1.82, 2.24) is 8.87 Å². The molecule has 1 saturated heterocycles. The van der Waals surface area contributed by atoms with Gasteiger partial charge in [-0.05, 0) is 61.9 Å². The summed E-state index contributed by atoms with van der Waals surface area (Å²) in [6.45, 7) is 5.43. The summed E-state index contributed by atoms with van der Waals surface area (Å²) in [6.07, 6.45) is 1.46. The third-order valence-corrected chi connectivity index (χ3v) is 8.65. The number of benzene rings is 3. The quantitative estimate of drug-likeness (QED) is 0.348. The van der Waals surface area contributed by atoms with Crippen molar-refractivity contribution in [2.24, 2.45) is 4.99 Å². The minimum atomic E-state index is -3.72. The molecule has 0 aliphatic carbocycles. The molecule has 1 aliphatic rings. The summed E-state index contributed by atoms with van der Waals surface area (Å²) in [7, 11) is -3.72. The molecule has 4 aromatic rings. The topological polar surface area (TPSA) is 110 Å². The average molecular weight is 548 g/mol. The molecule has 0 atom stereocenters. The first-order valence-electron chi connectivity index (χ1n) is 12.6. The fraction of sp³-hybridized carbons (Fsp3) is 0.241. The summed E-state index contributed by atoms with van der Waals surface area (Å²) < 4.78 is 40.0. The Bertz CT molecular complexity index is 1710. The number of fused-ring (bicyclic) bond motifs is 1. The van der Waals surface area contributed by atoms with Gasteiger partial charge in [0.15, 0.2) is 0 Å². The first-order valence-corrected chi connectivity index (χ1v) is 14.1. The molecule has 1 aromatic heterocycles. The van der Waals surface area contributed by atoms with Gasteiger partial charge in [-0.15, -0.1) is 0 Å². The summed E-state index contributed by atoms with van der Waals surface area (Å²) >= 11 is 0. The number of aromatic nitrogens is 1. The highest BCUT2D eigenvalue weighted by Crippen LogP contribution is 2.29. The molecule has 0 amide bonds. The molecule has 1 aliphatic heterocycles. The smallest absolute Gasteiger partial charge is 0.265 e. The summed E-state index contributed by atoms with van der Waals surface area (Å²) in [6, 6.07) is 18.8.